The number of carbonyl (C=O) groups is 1. The molecule has 0 radical (unpaired) electrons. The number of carbonyl (C=O) groups excluding carboxylic acids is 1. The van der Waals surface area contributed by atoms with Crippen molar-refractivity contribution in [2.75, 3.05) is 0 Å². The maximum atomic E-state index is 12.2. The van der Waals surface area contributed by atoms with Crippen molar-refractivity contribution in [3.8, 4) is 0 Å². The molecule has 1 atom stereocenters. The summed E-state index contributed by atoms with van der Waals surface area (Å²) in [4.78, 5) is 16.3. The van der Waals surface area contributed by atoms with E-state index < -0.39 is 0 Å². The minimum Gasteiger partial charge on any atom is -0.423 e. The van der Waals surface area contributed by atoms with Crippen molar-refractivity contribution >= 4 is 5.91 Å². The third-order valence-electron chi connectivity index (χ3n) is 3.47. The predicted octanol–water partition coefficient (Wildman–Crippen LogP) is 3.00. The monoisotopic (exact) mass is 316 g/mol. The summed E-state index contributed by atoms with van der Waals surface area (Å²) in [5.41, 5.74) is 1.14. The Kier molecular flexibility index (Phi) is 6.26. The van der Waals surface area contributed by atoms with Gasteiger partial charge in [0, 0.05) is 25.7 Å². The fraction of sp³-hybridized carbons (Fsp3) is 0.529. The van der Waals surface area contributed by atoms with Crippen LogP contribution in [-0.2, 0) is 11.2 Å². The molecule has 6 nitrogen and oxygen atoms in total. The fourth-order valence-electron chi connectivity index (χ4n) is 2.41. The van der Waals surface area contributed by atoms with Crippen LogP contribution in [0.4, 0.5) is 0 Å². The molecule has 0 saturated carbocycles. The van der Waals surface area contributed by atoms with E-state index >= 15 is 0 Å². The van der Waals surface area contributed by atoms with Gasteiger partial charge in [0.1, 0.15) is 6.04 Å². The minimum absolute atomic E-state index is 0.00962. The van der Waals surface area contributed by atoms with Crippen molar-refractivity contribution in [1.82, 2.24) is 20.5 Å². The van der Waals surface area contributed by atoms with Gasteiger partial charge in [0.15, 0.2) is 0 Å². The molecule has 0 saturated heterocycles. The lowest BCUT2D eigenvalue weighted by atomic mass is 10.0. The zero-order valence-corrected chi connectivity index (χ0v) is 14.0. The van der Waals surface area contributed by atoms with Crippen molar-refractivity contribution in [2.24, 2.45) is 5.92 Å². The highest BCUT2D eigenvalue weighted by Crippen LogP contribution is 2.20. The summed E-state index contributed by atoms with van der Waals surface area (Å²) in [6, 6.07) is 3.71. The number of amides is 1. The number of aromatic nitrogens is 3. The number of pyridine rings is 1. The van der Waals surface area contributed by atoms with E-state index in [0.717, 1.165) is 24.8 Å². The van der Waals surface area contributed by atoms with Crippen LogP contribution in [0.5, 0.6) is 0 Å². The van der Waals surface area contributed by atoms with E-state index in [2.05, 4.69) is 34.3 Å². The first kappa shape index (κ1) is 17.1. The van der Waals surface area contributed by atoms with Gasteiger partial charge in [0.25, 0.3) is 0 Å². The van der Waals surface area contributed by atoms with Gasteiger partial charge in [-0.05, 0) is 36.8 Å². The van der Waals surface area contributed by atoms with Gasteiger partial charge in [-0.25, -0.2) is 0 Å². The van der Waals surface area contributed by atoms with E-state index in [9.17, 15) is 4.79 Å². The Labute approximate surface area is 136 Å². The van der Waals surface area contributed by atoms with Crippen molar-refractivity contribution in [3.05, 3.63) is 41.9 Å². The lowest BCUT2D eigenvalue weighted by Crippen LogP contribution is -2.29. The first-order valence-electron chi connectivity index (χ1n) is 8.03. The zero-order valence-electron chi connectivity index (χ0n) is 14.0. The second kappa shape index (κ2) is 8.41. The van der Waals surface area contributed by atoms with Crippen molar-refractivity contribution in [2.45, 2.75) is 52.5 Å². The van der Waals surface area contributed by atoms with Gasteiger partial charge in [0.05, 0.1) is 0 Å². The SMILES string of the molecule is Cc1nnc(C(CC(C)C)NC(=O)CCCc2cccnc2)o1. The topological polar surface area (TPSA) is 80.9 Å². The Hall–Kier alpha value is -2.24. The Morgan fingerprint density at radius 2 is 2.17 bits per heavy atom. The molecule has 0 spiro atoms. The van der Waals surface area contributed by atoms with E-state index in [-0.39, 0.29) is 11.9 Å². The molecular formula is C17H24N4O2. The third kappa shape index (κ3) is 5.81. The van der Waals surface area contributed by atoms with E-state index in [1.54, 1.807) is 13.1 Å². The summed E-state index contributed by atoms with van der Waals surface area (Å²) in [5, 5.41) is 10.9. The van der Waals surface area contributed by atoms with Gasteiger partial charge >= 0.3 is 0 Å². The molecule has 0 aliphatic rings. The minimum atomic E-state index is -0.220. The van der Waals surface area contributed by atoms with Gasteiger partial charge in [0.2, 0.25) is 17.7 Å². The van der Waals surface area contributed by atoms with Gasteiger partial charge in [-0.15, -0.1) is 10.2 Å². The van der Waals surface area contributed by atoms with Crippen molar-refractivity contribution in [1.29, 1.82) is 0 Å². The van der Waals surface area contributed by atoms with Crippen LogP contribution >= 0.6 is 0 Å². The van der Waals surface area contributed by atoms with Crippen LogP contribution in [0.15, 0.2) is 28.9 Å². The van der Waals surface area contributed by atoms with Crippen LogP contribution in [0.3, 0.4) is 0 Å². The Morgan fingerprint density at radius 1 is 1.35 bits per heavy atom. The molecule has 1 unspecified atom stereocenters. The summed E-state index contributed by atoms with van der Waals surface area (Å²) < 4.78 is 5.48. The van der Waals surface area contributed by atoms with Crippen molar-refractivity contribution < 1.29 is 9.21 Å². The summed E-state index contributed by atoms with van der Waals surface area (Å²) in [5.74, 6) is 1.43. The maximum absolute atomic E-state index is 12.2. The van der Waals surface area contributed by atoms with E-state index in [1.165, 1.54) is 0 Å². The van der Waals surface area contributed by atoms with Crippen LogP contribution in [-0.4, -0.2) is 21.1 Å². The van der Waals surface area contributed by atoms with Crippen LogP contribution in [0, 0.1) is 12.8 Å². The lowest BCUT2D eigenvalue weighted by molar-refractivity contribution is -0.122. The third-order valence-corrected chi connectivity index (χ3v) is 3.47. The second-order valence-electron chi connectivity index (χ2n) is 6.12. The first-order valence-corrected chi connectivity index (χ1v) is 8.03. The molecule has 6 heteroatoms. The number of nitrogens with one attached hydrogen (secondary N) is 1. The molecule has 0 bridgehead atoms. The molecule has 2 aromatic rings. The highest BCUT2D eigenvalue weighted by molar-refractivity contribution is 5.76. The smallest absolute Gasteiger partial charge is 0.238 e. The van der Waals surface area contributed by atoms with Gasteiger partial charge in [-0.3, -0.25) is 9.78 Å². The normalized spacial score (nSPS) is 12.3. The standard InChI is InChI=1S/C17H24N4O2/c1-12(2)10-15(17-21-20-13(3)23-17)19-16(22)8-4-6-14-7-5-9-18-11-14/h5,7,9,11-12,15H,4,6,8,10H2,1-3H3,(H,19,22). The summed E-state index contributed by atoms with van der Waals surface area (Å²) in [7, 11) is 0. The molecule has 0 aromatic carbocycles. The second-order valence-corrected chi connectivity index (χ2v) is 6.12. The lowest BCUT2D eigenvalue weighted by Gasteiger charge is -2.17. The maximum Gasteiger partial charge on any atom is 0.238 e. The number of aryl methyl sites for hydroxylation is 2. The van der Waals surface area contributed by atoms with Crippen molar-refractivity contribution in [3.63, 3.8) is 0 Å². The number of rotatable bonds is 8. The average Bonchev–Trinajstić information content (AvgIpc) is 2.94. The number of hydrogen-bond acceptors (Lipinski definition) is 5. The molecule has 124 valence electrons. The summed E-state index contributed by atoms with van der Waals surface area (Å²) in [6.07, 6.45) is 6.46. The molecule has 0 fully saturated rings. The first-order chi connectivity index (χ1) is 11.0. The largest absolute Gasteiger partial charge is 0.423 e. The van der Waals surface area contributed by atoms with Gasteiger partial charge < -0.3 is 9.73 Å². The molecular weight excluding hydrogens is 292 g/mol. The number of nitrogens with zero attached hydrogens (tertiary/aromatic N) is 3. The Balaban J connectivity index is 1.85. The van der Waals surface area contributed by atoms with E-state index in [0.29, 0.717) is 24.1 Å². The van der Waals surface area contributed by atoms with Crippen LogP contribution in [0.25, 0.3) is 0 Å². The summed E-state index contributed by atoms with van der Waals surface area (Å²) >= 11 is 0. The molecule has 1 N–H and O–H groups in total. The quantitative estimate of drug-likeness (QED) is 0.809. The summed E-state index contributed by atoms with van der Waals surface area (Å²) in [6.45, 7) is 5.95. The van der Waals surface area contributed by atoms with Crippen LogP contribution in [0.1, 0.15) is 56.5 Å². The molecule has 2 rings (SSSR count). The van der Waals surface area contributed by atoms with E-state index in [4.69, 9.17) is 4.42 Å². The average molecular weight is 316 g/mol. The van der Waals surface area contributed by atoms with E-state index in [1.807, 2.05) is 18.3 Å². The zero-order chi connectivity index (χ0) is 16.7. The predicted molar refractivity (Wildman–Crippen MR) is 86.5 cm³/mol. The van der Waals surface area contributed by atoms with Gasteiger partial charge in [-0.1, -0.05) is 19.9 Å². The molecule has 0 aliphatic heterocycles. The Morgan fingerprint density at radius 3 is 2.78 bits per heavy atom. The fourth-order valence-corrected chi connectivity index (χ4v) is 2.41. The molecule has 0 aliphatic carbocycles. The molecule has 23 heavy (non-hydrogen) atoms. The highest BCUT2D eigenvalue weighted by Gasteiger charge is 2.21. The molecule has 2 heterocycles. The molecule has 1 amide bonds. The van der Waals surface area contributed by atoms with Crippen LogP contribution < -0.4 is 5.32 Å². The Bertz CT molecular complexity index is 610. The highest BCUT2D eigenvalue weighted by atomic mass is 16.4. The molecule has 2 aromatic heterocycles. The van der Waals surface area contributed by atoms with Gasteiger partial charge in [-0.2, -0.15) is 0 Å². The van der Waals surface area contributed by atoms with Crippen LogP contribution in [0.2, 0.25) is 0 Å². The number of hydrogen-bond donors (Lipinski definition) is 1.